The predicted molar refractivity (Wildman–Crippen MR) is 86.4 cm³/mol. The molecule has 0 unspecified atom stereocenters. The molecule has 3 rings (SSSR count). The van der Waals surface area contributed by atoms with Crippen molar-refractivity contribution in [2.75, 3.05) is 16.8 Å². The van der Waals surface area contributed by atoms with Crippen LogP contribution in [-0.4, -0.2) is 17.4 Å². The van der Waals surface area contributed by atoms with Gasteiger partial charge in [-0.25, -0.2) is 0 Å². The number of nitrogens with one attached hydrogen (secondary N) is 1. The Bertz CT molecular complexity index is 562. The Balaban J connectivity index is 1.74. The van der Waals surface area contributed by atoms with Gasteiger partial charge in [0.15, 0.2) is 0 Å². The third-order valence-corrected chi connectivity index (χ3v) is 6.61. The monoisotopic (exact) mass is 307 g/mol. The van der Waals surface area contributed by atoms with Gasteiger partial charge in [-0.2, -0.15) is 11.3 Å². The summed E-state index contributed by atoms with van der Waals surface area (Å²) in [6.45, 7) is 0. The summed E-state index contributed by atoms with van der Waals surface area (Å²) in [5, 5.41) is 6.73. The van der Waals surface area contributed by atoms with Crippen molar-refractivity contribution in [3.8, 4) is 0 Å². The number of carbonyl (C=O) groups is 1. The van der Waals surface area contributed by atoms with Gasteiger partial charge in [0.1, 0.15) is 0 Å². The summed E-state index contributed by atoms with van der Waals surface area (Å²) in [7, 11) is 0. The normalized spacial score (nSPS) is 15.6. The lowest BCUT2D eigenvalue weighted by Gasteiger charge is -2.10. The van der Waals surface area contributed by atoms with Gasteiger partial charge in [-0.1, -0.05) is 12.1 Å². The van der Waals surface area contributed by atoms with Crippen molar-refractivity contribution >= 4 is 46.5 Å². The van der Waals surface area contributed by atoms with Crippen molar-refractivity contribution < 1.29 is 4.79 Å². The summed E-state index contributed by atoms with van der Waals surface area (Å²) in [5.74, 6) is 2.38. The van der Waals surface area contributed by atoms with Crippen molar-refractivity contribution in [2.45, 2.75) is 4.58 Å². The number of thioether (sulfide) groups is 2. The van der Waals surface area contributed by atoms with Crippen LogP contribution < -0.4 is 5.32 Å². The summed E-state index contributed by atoms with van der Waals surface area (Å²) < 4.78 is 0.512. The number of rotatable bonds is 3. The zero-order valence-corrected chi connectivity index (χ0v) is 12.6. The first-order valence-electron chi connectivity index (χ1n) is 6.00. The van der Waals surface area contributed by atoms with Gasteiger partial charge >= 0.3 is 0 Å². The molecular weight excluding hydrogens is 294 g/mol. The van der Waals surface area contributed by atoms with Gasteiger partial charge in [0.05, 0.1) is 10.1 Å². The van der Waals surface area contributed by atoms with Gasteiger partial charge in [0.25, 0.3) is 5.91 Å². The van der Waals surface area contributed by atoms with E-state index in [1.54, 1.807) is 0 Å². The predicted octanol–water partition coefficient (Wildman–Crippen LogP) is 4.48. The van der Waals surface area contributed by atoms with Crippen molar-refractivity contribution in [3.63, 3.8) is 0 Å². The van der Waals surface area contributed by atoms with E-state index in [1.165, 1.54) is 28.4 Å². The molecule has 2 heterocycles. The molecule has 1 saturated heterocycles. The van der Waals surface area contributed by atoms with E-state index in [2.05, 4.69) is 17.4 Å². The van der Waals surface area contributed by atoms with Gasteiger partial charge < -0.3 is 5.32 Å². The highest BCUT2D eigenvalue weighted by molar-refractivity contribution is 8.19. The van der Waals surface area contributed by atoms with Crippen LogP contribution in [0.5, 0.6) is 0 Å². The highest BCUT2D eigenvalue weighted by atomic mass is 32.2. The Morgan fingerprint density at radius 3 is 2.79 bits per heavy atom. The van der Waals surface area contributed by atoms with E-state index in [9.17, 15) is 4.79 Å². The molecule has 0 spiro atoms. The maximum atomic E-state index is 12.0. The van der Waals surface area contributed by atoms with Crippen LogP contribution in [0.4, 0.5) is 5.69 Å². The minimum Gasteiger partial charge on any atom is -0.322 e. The topological polar surface area (TPSA) is 29.1 Å². The Morgan fingerprint density at radius 1 is 1.21 bits per heavy atom. The molecule has 0 bridgehead atoms. The highest BCUT2D eigenvalue weighted by Crippen LogP contribution is 2.45. The van der Waals surface area contributed by atoms with E-state index < -0.39 is 0 Å². The number of thiophene rings is 1. The number of carbonyl (C=O) groups excluding carboxylic acids is 1. The fraction of sp³-hybridized carbons (Fsp3) is 0.214. The molecule has 0 saturated carbocycles. The maximum absolute atomic E-state index is 12.0. The third-order valence-electron chi connectivity index (χ3n) is 2.82. The molecule has 0 aliphatic carbocycles. The molecule has 19 heavy (non-hydrogen) atoms. The summed E-state index contributed by atoms with van der Waals surface area (Å²) in [5.41, 5.74) is 2.89. The Labute approximate surface area is 125 Å². The smallest absolute Gasteiger partial charge is 0.256 e. The molecule has 2 aromatic rings. The number of amides is 1. The van der Waals surface area contributed by atoms with Gasteiger partial charge in [-0.3, -0.25) is 4.79 Å². The standard InChI is InChI=1S/C14H13NOS3/c16-13(11-4-5-17-9-11)15-12-3-1-2-10(8-12)14-18-6-7-19-14/h1-5,8-9,14H,6-7H2,(H,15,16). The second kappa shape index (κ2) is 6.03. The molecule has 0 radical (unpaired) electrons. The molecule has 1 aromatic heterocycles. The molecule has 1 fully saturated rings. The average Bonchev–Trinajstić information content (AvgIpc) is 3.13. The minimum atomic E-state index is -0.0369. The van der Waals surface area contributed by atoms with Crippen LogP contribution >= 0.6 is 34.9 Å². The molecule has 98 valence electrons. The molecule has 2 nitrogen and oxygen atoms in total. The zero-order chi connectivity index (χ0) is 13.1. The number of anilines is 1. The average molecular weight is 307 g/mol. The van der Waals surface area contributed by atoms with Crippen molar-refractivity contribution in [1.29, 1.82) is 0 Å². The van der Waals surface area contributed by atoms with Gasteiger partial charge in [0, 0.05) is 22.6 Å². The van der Waals surface area contributed by atoms with E-state index >= 15 is 0 Å². The molecule has 1 aliphatic heterocycles. The Kier molecular flexibility index (Phi) is 4.15. The number of benzene rings is 1. The van der Waals surface area contributed by atoms with Crippen molar-refractivity contribution in [3.05, 3.63) is 52.2 Å². The molecule has 1 aliphatic rings. The quantitative estimate of drug-likeness (QED) is 0.906. The molecule has 0 atom stereocenters. The number of hydrogen-bond acceptors (Lipinski definition) is 4. The van der Waals surface area contributed by atoms with Crippen LogP contribution in [0.15, 0.2) is 41.1 Å². The van der Waals surface area contributed by atoms with Gasteiger partial charge in [-0.05, 0) is 29.1 Å². The molecule has 1 amide bonds. The first-order valence-corrected chi connectivity index (χ1v) is 9.04. The Morgan fingerprint density at radius 2 is 2.05 bits per heavy atom. The van der Waals surface area contributed by atoms with E-state index in [4.69, 9.17) is 0 Å². The van der Waals surface area contributed by atoms with Crippen LogP contribution in [0.25, 0.3) is 0 Å². The Hall–Kier alpha value is -0.910. The lowest BCUT2D eigenvalue weighted by Crippen LogP contribution is -2.10. The summed E-state index contributed by atoms with van der Waals surface area (Å²) >= 11 is 5.48. The third kappa shape index (κ3) is 3.16. The fourth-order valence-electron chi connectivity index (χ4n) is 1.91. The van der Waals surface area contributed by atoms with Crippen LogP contribution in [0.2, 0.25) is 0 Å². The largest absolute Gasteiger partial charge is 0.322 e. The van der Waals surface area contributed by atoms with Crippen LogP contribution in [0, 0.1) is 0 Å². The van der Waals surface area contributed by atoms with E-state index in [0.29, 0.717) is 4.58 Å². The fourth-order valence-corrected chi connectivity index (χ4v) is 5.39. The summed E-state index contributed by atoms with van der Waals surface area (Å²) in [6.07, 6.45) is 0. The zero-order valence-electron chi connectivity index (χ0n) is 10.2. The van der Waals surface area contributed by atoms with Gasteiger partial charge in [0.2, 0.25) is 0 Å². The maximum Gasteiger partial charge on any atom is 0.256 e. The minimum absolute atomic E-state index is 0.0369. The molecule has 1 aromatic carbocycles. The van der Waals surface area contributed by atoms with E-state index in [0.717, 1.165) is 11.3 Å². The number of hydrogen-bond donors (Lipinski definition) is 1. The highest BCUT2D eigenvalue weighted by Gasteiger charge is 2.18. The molecule has 5 heteroatoms. The van der Waals surface area contributed by atoms with Crippen molar-refractivity contribution in [1.82, 2.24) is 0 Å². The molecule has 1 N–H and O–H groups in total. The SMILES string of the molecule is O=C(Nc1cccc(C2SCCS2)c1)c1ccsc1. The second-order valence-corrected chi connectivity index (χ2v) is 7.67. The summed E-state index contributed by atoms with van der Waals surface area (Å²) in [6, 6.07) is 10.0. The van der Waals surface area contributed by atoms with Crippen LogP contribution in [-0.2, 0) is 0 Å². The van der Waals surface area contributed by atoms with E-state index in [-0.39, 0.29) is 5.91 Å². The van der Waals surface area contributed by atoms with E-state index in [1.807, 2.05) is 52.5 Å². The van der Waals surface area contributed by atoms with Crippen LogP contribution in [0.3, 0.4) is 0 Å². The van der Waals surface area contributed by atoms with Crippen LogP contribution in [0.1, 0.15) is 20.5 Å². The second-order valence-electron chi connectivity index (χ2n) is 4.17. The first kappa shape index (κ1) is 13.1. The summed E-state index contributed by atoms with van der Waals surface area (Å²) in [4.78, 5) is 12.0. The first-order chi connectivity index (χ1) is 9.33. The van der Waals surface area contributed by atoms with Crippen molar-refractivity contribution in [2.24, 2.45) is 0 Å². The lowest BCUT2D eigenvalue weighted by molar-refractivity contribution is 0.102. The van der Waals surface area contributed by atoms with Gasteiger partial charge in [-0.15, -0.1) is 23.5 Å². The molecular formula is C14H13NOS3. The lowest BCUT2D eigenvalue weighted by atomic mass is 10.2.